The molecule has 7 heteroatoms. The van der Waals surface area contributed by atoms with Crippen molar-refractivity contribution in [1.29, 1.82) is 0 Å². The van der Waals surface area contributed by atoms with Crippen molar-refractivity contribution >= 4 is 5.69 Å². The van der Waals surface area contributed by atoms with Gasteiger partial charge < -0.3 is 10.5 Å². The summed E-state index contributed by atoms with van der Waals surface area (Å²) in [6, 6.07) is 6.44. The molecular formula is C13H12FN3O3. The third-order valence-corrected chi connectivity index (χ3v) is 2.63. The van der Waals surface area contributed by atoms with Crippen LogP contribution < -0.4 is 10.5 Å². The Bertz CT molecular complexity index is 629. The van der Waals surface area contributed by atoms with Crippen molar-refractivity contribution in [3.05, 3.63) is 58.0 Å². The zero-order valence-corrected chi connectivity index (χ0v) is 10.6. The molecule has 0 amide bonds. The van der Waals surface area contributed by atoms with Crippen molar-refractivity contribution in [1.82, 2.24) is 4.98 Å². The van der Waals surface area contributed by atoms with Crippen molar-refractivity contribution in [2.45, 2.75) is 13.0 Å². The number of halogens is 1. The molecule has 0 aliphatic carbocycles. The number of hydrogen-bond donors (Lipinski definition) is 1. The number of para-hydroxylation sites is 1. The van der Waals surface area contributed by atoms with Crippen LogP contribution in [0.15, 0.2) is 36.5 Å². The molecule has 0 saturated carbocycles. The molecule has 2 aromatic rings. The molecule has 0 spiro atoms. The van der Waals surface area contributed by atoms with Crippen molar-refractivity contribution in [3.8, 4) is 11.6 Å². The molecule has 0 aliphatic rings. The fraction of sp³-hybridized carbons (Fsp3) is 0.154. The van der Waals surface area contributed by atoms with E-state index in [1.165, 1.54) is 18.3 Å². The Morgan fingerprint density at radius 3 is 2.70 bits per heavy atom. The first-order valence-corrected chi connectivity index (χ1v) is 5.81. The zero-order chi connectivity index (χ0) is 14.7. The number of nitrogens with two attached hydrogens (primary N) is 1. The Labute approximate surface area is 114 Å². The Kier molecular flexibility index (Phi) is 3.90. The number of aromatic nitrogens is 1. The van der Waals surface area contributed by atoms with E-state index in [1.54, 1.807) is 13.0 Å². The lowest BCUT2D eigenvalue weighted by Crippen LogP contribution is -2.05. The predicted molar refractivity (Wildman–Crippen MR) is 70.0 cm³/mol. The number of benzene rings is 1. The van der Waals surface area contributed by atoms with Gasteiger partial charge in [-0.2, -0.15) is 0 Å². The highest BCUT2D eigenvalue weighted by atomic mass is 19.1. The summed E-state index contributed by atoms with van der Waals surface area (Å²) in [5.74, 6) is -1.22. The average molecular weight is 277 g/mol. The van der Waals surface area contributed by atoms with Gasteiger partial charge in [0.2, 0.25) is 11.6 Å². The van der Waals surface area contributed by atoms with Crippen molar-refractivity contribution in [3.63, 3.8) is 0 Å². The summed E-state index contributed by atoms with van der Waals surface area (Å²) in [5, 5.41) is 10.8. The molecule has 0 saturated heterocycles. The van der Waals surface area contributed by atoms with Crippen LogP contribution >= 0.6 is 0 Å². The van der Waals surface area contributed by atoms with Crippen LogP contribution in [0, 0.1) is 15.9 Å². The summed E-state index contributed by atoms with van der Waals surface area (Å²) in [6.45, 7) is 1.79. The van der Waals surface area contributed by atoms with Crippen LogP contribution in [0.5, 0.6) is 11.6 Å². The monoisotopic (exact) mass is 277 g/mol. The fourth-order valence-electron chi connectivity index (χ4n) is 1.57. The van der Waals surface area contributed by atoms with Gasteiger partial charge in [-0.1, -0.05) is 12.1 Å². The number of nitro benzene ring substituents is 1. The highest BCUT2D eigenvalue weighted by Gasteiger charge is 2.20. The van der Waals surface area contributed by atoms with Crippen LogP contribution in [0.4, 0.5) is 10.1 Å². The van der Waals surface area contributed by atoms with Crippen LogP contribution in [0.25, 0.3) is 0 Å². The predicted octanol–water partition coefficient (Wildman–Crippen LogP) is 2.94. The van der Waals surface area contributed by atoms with Gasteiger partial charge in [-0.15, -0.1) is 0 Å². The van der Waals surface area contributed by atoms with E-state index in [-0.39, 0.29) is 11.9 Å². The summed E-state index contributed by atoms with van der Waals surface area (Å²) in [6.07, 6.45) is 1.48. The maximum Gasteiger partial charge on any atom is 0.314 e. The van der Waals surface area contributed by atoms with Crippen molar-refractivity contribution < 1.29 is 14.1 Å². The second kappa shape index (κ2) is 5.62. The quantitative estimate of drug-likeness (QED) is 0.685. The highest BCUT2D eigenvalue weighted by molar-refractivity contribution is 5.48. The van der Waals surface area contributed by atoms with Crippen molar-refractivity contribution in [2.75, 3.05) is 0 Å². The molecule has 0 fully saturated rings. The molecule has 104 valence electrons. The number of rotatable bonds is 4. The lowest BCUT2D eigenvalue weighted by molar-refractivity contribution is -0.385. The maximum atomic E-state index is 13.6. The van der Waals surface area contributed by atoms with E-state index in [9.17, 15) is 14.5 Å². The molecule has 0 radical (unpaired) electrons. The SMILES string of the molecule is C[C@H](N)c1ccc(Oc2c(F)cccc2[N+](=O)[O-])nc1. The van der Waals surface area contributed by atoms with Crippen LogP contribution in [-0.4, -0.2) is 9.91 Å². The van der Waals surface area contributed by atoms with E-state index >= 15 is 0 Å². The van der Waals surface area contributed by atoms with Gasteiger partial charge >= 0.3 is 5.69 Å². The first-order valence-electron chi connectivity index (χ1n) is 5.81. The van der Waals surface area contributed by atoms with Gasteiger partial charge in [0.15, 0.2) is 5.82 Å². The standard InChI is InChI=1S/C13H12FN3O3/c1-8(15)9-5-6-12(16-7-9)20-13-10(14)3-2-4-11(13)17(18)19/h2-8H,15H2,1H3/t8-/m0/s1. The van der Waals surface area contributed by atoms with Gasteiger partial charge in [0, 0.05) is 24.4 Å². The van der Waals surface area contributed by atoms with Crippen molar-refractivity contribution in [2.24, 2.45) is 5.73 Å². The molecular weight excluding hydrogens is 265 g/mol. The lowest BCUT2D eigenvalue weighted by Gasteiger charge is -2.08. The summed E-state index contributed by atoms with van der Waals surface area (Å²) < 4.78 is 18.8. The van der Waals surface area contributed by atoms with E-state index in [1.807, 2.05) is 0 Å². The van der Waals surface area contributed by atoms with Gasteiger partial charge in [-0.25, -0.2) is 9.37 Å². The molecule has 0 unspecified atom stereocenters. The number of ether oxygens (including phenoxy) is 1. The first-order chi connectivity index (χ1) is 9.49. The molecule has 1 heterocycles. The summed E-state index contributed by atoms with van der Waals surface area (Å²) in [5.41, 5.74) is 6.00. The molecule has 1 aromatic heterocycles. The Morgan fingerprint density at radius 2 is 2.15 bits per heavy atom. The van der Waals surface area contributed by atoms with Gasteiger partial charge in [0.25, 0.3) is 0 Å². The number of nitrogens with zero attached hydrogens (tertiary/aromatic N) is 2. The van der Waals surface area contributed by atoms with E-state index in [0.29, 0.717) is 0 Å². The Hall–Kier alpha value is -2.54. The maximum absolute atomic E-state index is 13.6. The molecule has 0 aliphatic heterocycles. The topological polar surface area (TPSA) is 91.3 Å². The number of nitro groups is 1. The molecule has 6 nitrogen and oxygen atoms in total. The van der Waals surface area contributed by atoms with Gasteiger partial charge in [-0.05, 0) is 18.6 Å². The van der Waals surface area contributed by atoms with E-state index in [2.05, 4.69) is 4.98 Å². The molecule has 0 bridgehead atoms. The van der Waals surface area contributed by atoms with Gasteiger partial charge in [0.05, 0.1) is 4.92 Å². The van der Waals surface area contributed by atoms with E-state index < -0.39 is 22.2 Å². The van der Waals surface area contributed by atoms with E-state index in [0.717, 1.165) is 17.7 Å². The molecule has 20 heavy (non-hydrogen) atoms. The minimum absolute atomic E-state index is 0.0580. The summed E-state index contributed by atoms with van der Waals surface area (Å²) >= 11 is 0. The smallest absolute Gasteiger partial charge is 0.314 e. The molecule has 2 N–H and O–H groups in total. The Balaban J connectivity index is 2.32. The Morgan fingerprint density at radius 1 is 1.40 bits per heavy atom. The molecule has 1 aromatic carbocycles. The second-order valence-corrected chi connectivity index (χ2v) is 4.17. The van der Waals surface area contributed by atoms with Crippen LogP contribution in [0.2, 0.25) is 0 Å². The second-order valence-electron chi connectivity index (χ2n) is 4.17. The van der Waals surface area contributed by atoms with Crippen LogP contribution in [0.1, 0.15) is 18.5 Å². The van der Waals surface area contributed by atoms with Gasteiger partial charge in [0.1, 0.15) is 0 Å². The zero-order valence-electron chi connectivity index (χ0n) is 10.6. The van der Waals surface area contributed by atoms with Gasteiger partial charge in [-0.3, -0.25) is 10.1 Å². The van der Waals surface area contributed by atoms with Crippen LogP contribution in [0.3, 0.4) is 0 Å². The van der Waals surface area contributed by atoms with Crippen LogP contribution in [-0.2, 0) is 0 Å². The fourth-order valence-corrected chi connectivity index (χ4v) is 1.57. The summed E-state index contributed by atoms with van der Waals surface area (Å²) in [7, 11) is 0. The normalized spacial score (nSPS) is 11.9. The average Bonchev–Trinajstić information content (AvgIpc) is 2.41. The third kappa shape index (κ3) is 2.89. The minimum Gasteiger partial charge on any atom is -0.429 e. The third-order valence-electron chi connectivity index (χ3n) is 2.63. The summed E-state index contributed by atoms with van der Waals surface area (Å²) in [4.78, 5) is 14.1. The highest BCUT2D eigenvalue weighted by Crippen LogP contribution is 2.33. The molecule has 2 rings (SSSR count). The first kappa shape index (κ1) is 13.9. The largest absolute Gasteiger partial charge is 0.429 e. The van der Waals surface area contributed by atoms with E-state index in [4.69, 9.17) is 10.5 Å². The number of hydrogen-bond acceptors (Lipinski definition) is 5. The minimum atomic E-state index is -0.822. The number of pyridine rings is 1. The molecule has 1 atom stereocenters. The lowest BCUT2D eigenvalue weighted by atomic mass is 10.2.